The lowest BCUT2D eigenvalue weighted by Crippen LogP contribution is -2.01. The van der Waals surface area contributed by atoms with E-state index < -0.39 is 5.97 Å². The molecule has 1 aromatic heterocycles. The van der Waals surface area contributed by atoms with E-state index in [0.717, 1.165) is 0 Å². The molecule has 0 amide bonds. The first kappa shape index (κ1) is 12.0. The molecule has 2 aromatic rings. The highest BCUT2D eigenvalue weighted by atomic mass is 19.1. The van der Waals surface area contributed by atoms with Gasteiger partial charge in [0.05, 0.1) is 11.8 Å². The standard InChI is InChI=1S/C13H10FNO3/c14-12-4-2-1-3-9(12)8-18-11-5-10(13(16)17)6-15-7-11/h1-7H,8H2,(H,16,17). The molecule has 0 aliphatic heterocycles. The predicted molar refractivity (Wildman–Crippen MR) is 61.9 cm³/mol. The summed E-state index contributed by atoms with van der Waals surface area (Å²) in [5.41, 5.74) is 0.430. The third kappa shape index (κ3) is 2.82. The summed E-state index contributed by atoms with van der Waals surface area (Å²) < 4.78 is 18.6. The number of hydrogen-bond acceptors (Lipinski definition) is 3. The van der Waals surface area contributed by atoms with Crippen molar-refractivity contribution in [2.75, 3.05) is 0 Å². The van der Waals surface area contributed by atoms with Gasteiger partial charge in [-0.15, -0.1) is 0 Å². The van der Waals surface area contributed by atoms with Gasteiger partial charge in [0.25, 0.3) is 0 Å². The van der Waals surface area contributed by atoms with Crippen LogP contribution in [0.15, 0.2) is 42.7 Å². The summed E-state index contributed by atoms with van der Waals surface area (Å²) in [5.74, 6) is -1.16. The molecular formula is C13H10FNO3. The number of ether oxygens (including phenoxy) is 1. The highest BCUT2D eigenvalue weighted by molar-refractivity contribution is 5.87. The van der Waals surface area contributed by atoms with Crippen LogP contribution in [0.25, 0.3) is 0 Å². The summed E-state index contributed by atoms with van der Waals surface area (Å²) in [4.78, 5) is 14.5. The van der Waals surface area contributed by atoms with Crippen molar-refractivity contribution in [3.05, 3.63) is 59.7 Å². The molecule has 2 rings (SSSR count). The van der Waals surface area contributed by atoms with Crippen molar-refractivity contribution in [2.24, 2.45) is 0 Å². The molecule has 0 radical (unpaired) electrons. The van der Waals surface area contributed by atoms with Crippen molar-refractivity contribution in [3.8, 4) is 5.75 Å². The number of carboxylic acids is 1. The van der Waals surface area contributed by atoms with E-state index in [9.17, 15) is 9.18 Å². The maximum absolute atomic E-state index is 13.3. The first-order valence-corrected chi connectivity index (χ1v) is 5.21. The molecule has 0 fully saturated rings. The van der Waals surface area contributed by atoms with Crippen molar-refractivity contribution < 1.29 is 19.0 Å². The minimum Gasteiger partial charge on any atom is -0.487 e. The van der Waals surface area contributed by atoms with Crippen LogP contribution >= 0.6 is 0 Å². The smallest absolute Gasteiger partial charge is 0.337 e. The lowest BCUT2D eigenvalue weighted by Gasteiger charge is -2.07. The molecule has 18 heavy (non-hydrogen) atoms. The van der Waals surface area contributed by atoms with Gasteiger partial charge in [-0.2, -0.15) is 0 Å². The molecule has 0 saturated heterocycles. The number of rotatable bonds is 4. The van der Waals surface area contributed by atoms with Crippen molar-refractivity contribution in [3.63, 3.8) is 0 Å². The van der Waals surface area contributed by atoms with Gasteiger partial charge in [-0.05, 0) is 12.1 Å². The summed E-state index contributed by atoms with van der Waals surface area (Å²) in [6, 6.07) is 7.57. The molecule has 0 spiro atoms. The number of carboxylic acid groups (broad SMARTS) is 1. The summed E-state index contributed by atoms with van der Waals surface area (Å²) >= 11 is 0. The SMILES string of the molecule is O=C(O)c1cncc(OCc2ccccc2F)c1. The highest BCUT2D eigenvalue weighted by Gasteiger charge is 2.06. The monoisotopic (exact) mass is 247 g/mol. The minimum absolute atomic E-state index is 0.0252. The first-order chi connectivity index (χ1) is 8.66. The molecule has 0 saturated carbocycles. The Morgan fingerprint density at radius 2 is 2.11 bits per heavy atom. The molecule has 92 valence electrons. The van der Waals surface area contributed by atoms with E-state index in [1.165, 1.54) is 24.5 Å². The summed E-state index contributed by atoms with van der Waals surface area (Å²) in [6.07, 6.45) is 2.60. The Morgan fingerprint density at radius 3 is 2.83 bits per heavy atom. The van der Waals surface area contributed by atoms with Gasteiger partial charge in [-0.25, -0.2) is 9.18 Å². The van der Waals surface area contributed by atoms with Crippen LogP contribution in [0.4, 0.5) is 4.39 Å². The Balaban J connectivity index is 2.09. The summed E-state index contributed by atoms with van der Waals surface area (Å²) in [7, 11) is 0. The number of benzene rings is 1. The predicted octanol–water partition coefficient (Wildman–Crippen LogP) is 2.50. The topological polar surface area (TPSA) is 59.4 Å². The second-order valence-corrected chi connectivity index (χ2v) is 3.59. The first-order valence-electron chi connectivity index (χ1n) is 5.21. The van der Waals surface area contributed by atoms with E-state index in [0.29, 0.717) is 5.56 Å². The van der Waals surface area contributed by atoms with Gasteiger partial charge in [0.15, 0.2) is 0 Å². The fourth-order valence-corrected chi connectivity index (χ4v) is 1.39. The van der Waals surface area contributed by atoms with Gasteiger partial charge in [0.1, 0.15) is 18.2 Å². The third-order valence-corrected chi connectivity index (χ3v) is 2.31. The Hall–Kier alpha value is -2.43. The molecule has 0 aliphatic carbocycles. The van der Waals surface area contributed by atoms with Crippen molar-refractivity contribution in [1.82, 2.24) is 4.98 Å². The molecule has 5 heteroatoms. The molecule has 4 nitrogen and oxygen atoms in total. The van der Waals surface area contributed by atoms with Gasteiger partial charge in [0.2, 0.25) is 0 Å². The lowest BCUT2D eigenvalue weighted by atomic mass is 10.2. The van der Waals surface area contributed by atoms with E-state index in [1.807, 2.05) is 0 Å². The van der Waals surface area contributed by atoms with Crippen LogP contribution in [0.1, 0.15) is 15.9 Å². The van der Waals surface area contributed by atoms with Crippen LogP contribution in [0.5, 0.6) is 5.75 Å². The second-order valence-electron chi connectivity index (χ2n) is 3.59. The van der Waals surface area contributed by atoms with E-state index in [1.54, 1.807) is 18.2 Å². The van der Waals surface area contributed by atoms with Gasteiger partial charge in [0, 0.05) is 11.8 Å². The van der Waals surface area contributed by atoms with Crippen molar-refractivity contribution >= 4 is 5.97 Å². The minimum atomic E-state index is -1.08. The largest absolute Gasteiger partial charge is 0.487 e. The molecule has 0 bridgehead atoms. The van der Waals surface area contributed by atoms with Crippen molar-refractivity contribution in [2.45, 2.75) is 6.61 Å². The van der Waals surface area contributed by atoms with Crippen LogP contribution in [-0.4, -0.2) is 16.1 Å². The summed E-state index contributed by atoms with van der Waals surface area (Å²) in [5, 5.41) is 8.78. The van der Waals surface area contributed by atoms with Gasteiger partial charge < -0.3 is 9.84 Å². The van der Waals surface area contributed by atoms with Crippen molar-refractivity contribution in [1.29, 1.82) is 0 Å². The lowest BCUT2D eigenvalue weighted by molar-refractivity contribution is 0.0696. The average Bonchev–Trinajstić information content (AvgIpc) is 2.38. The Labute approximate surface area is 103 Å². The fraction of sp³-hybridized carbons (Fsp3) is 0.0769. The van der Waals surface area contributed by atoms with Gasteiger partial charge >= 0.3 is 5.97 Å². The Bertz CT molecular complexity index is 572. The van der Waals surface area contributed by atoms with Crippen LogP contribution in [0.2, 0.25) is 0 Å². The van der Waals surface area contributed by atoms with E-state index in [2.05, 4.69) is 4.98 Å². The molecule has 1 heterocycles. The van der Waals surface area contributed by atoms with Crippen LogP contribution in [0, 0.1) is 5.82 Å². The van der Waals surface area contributed by atoms with Crippen LogP contribution in [0.3, 0.4) is 0 Å². The second kappa shape index (κ2) is 5.27. The molecule has 1 aromatic carbocycles. The highest BCUT2D eigenvalue weighted by Crippen LogP contribution is 2.14. The zero-order valence-corrected chi connectivity index (χ0v) is 9.34. The molecular weight excluding hydrogens is 237 g/mol. The number of aromatic carboxylic acids is 1. The zero-order chi connectivity index (χ0) is 13.0. The van der Waals surface area contributed by atoms with E-state index in [-0.39, 0.29) is 23.7 Å². The number of carbonyl (C=O) groups is 1. The normalized spacial score (nSPS) is 10.1. The van der Waals surface area contributed by atoms with E-state index in [4.69, 9.17) is 9.84 Å². The third-order valence-electron chi connectivity index (χ3n) is 2.31. The molecule has 0 unspecified atom stereocenters. The Kier molecular flexibility index (Phi) is 3.52. The maximum Gasteiger partial charge on any atom is 0.337 e. The molecule has 0 atom stereocenters. The van der Waals surface area contributed by atoms with E-state index >= 15 is 0 Å². The Morgan fingerprint density at radius 1 is 1.33 bits per heavy atom. The zero-order valence-electron chi connectivity index (χ0n) is 9.34. The number of pyridine rings is 1. The molecule has 1 N–H and O–H groups in total. The summed E-state index contributed by atoms with van der Waals surface area (Å²) in [6.45, 7) is 0.0252. The number of halogens is 1. The van der Waals surface area contributed by atoms with Gasteiger partial charge in [-0.1, -0.05) is 18.2 Å². The fourth-order valence-electron chi connectivity index (χ4n) is 1.39. The maximum atomic E-state index is 13.3. The number of aromatic nitrogens is 1. The van der Waals surface area contributed by atoms with Crippen LogP contribution < -0.4 is 4.74 Å². The average molecular weight is 247 g/mol. The molecule has 0 aliphatic rings. The van der Waals surface area contributed by atoms with Crippen LogP contribution in [-0.2, 0) is 6.61 Å². The number of hydrogen-bond donors (Lipinski definition) is 1. The quantitative estimate of drug-likeness (QED) is 0.901. The number of nitrogens with zero attached hydrogens (tertiary/aromatic N) is 1. The van der Waals surface area contributed by atoms with Gasteiger partial charge in [-0.3, -0.25) is 4.98 Å².